The molecule has 0 fully saturated rings. The van der Waals surface area contributed by atoms with Crippen molar-refractivity contribution in [3.05, 3.63) is 93.1 Å². The van der Waals surface area contributed by atoms with Gasteiger partial charge in [0, 0.05) is 21.5 Å². The first-order valence-corrected chi connectivity index (χ1v) is 10.4. The minimum Gasteiger partial charge on any atom is -0.296 e. The van der Waals surface area contributed by atoms with Gasteiger partial charge in [0.25, 0.3) is 5.91 Å². The van der Waals surface area contributed by atoms with Crippen LogP contribution in [-0.2, 0) is 0 Å². The van der Waals surface area contributed by atoms with Crippen LogP contribution in [0.5, 0.6) is 0 Å². The van der Waals surface area contributed by atoms with Crippen molar-refractivity contribution in [1.29, 1.82) is 0 Å². The van der Waals surface area contributed by atoms with Gasteiger partial charge in [0.15, 0.2) is 0 Å². The molecular formula is C22H16N2OS2. The van der Waals surface area contributed by atoms with Crippen molar-refractivity contribution in [2.45, 2.75) is 13.0 Å². The molecule has 27 heavy (non-hydrogen) atoms. The van der Waals surface area contributed by atoms with Crippen LogP contribution in [0.15, 0.2) is 72.1 Å². The molecule has 0 aliphatic carbocycles. The number of nitrogens with zero attached hydrogens (tertiary/aromatic N) is 2. The lowest BCUT2D eigenvalue weighted by molar-refractivity contribution is 0.0994. The maximum Gasteiger partial charge on any atom is 0.259 e. The monoisotopic (exact) mass is 388 g/mol. The fourth-order valence-corrected chi connectivity index (χ4v) is 5.33. The number of amides is 1. The normalized spacial score (nSPS) is 16.0. The Morgan fingerprint density at radius 2 is 1.74 bits per heavy atom. The van der Waals surface area contributed by atoms with Gasteiger partial charge in [-0.1, -0.05) is 36.4 Å². The summed E-state index contributed by atoms with van der Waals surface area (Å²) < 4.78 is 0. The summed E-state index contributed by atoms with van der Waals surface area (Å²) in [6, 6.07) is 22.0. The van der Waals surface area contributed by atoms with Crippen LogP contribution in [0.1, 0.15) is 31.8 Å². The van der Waals surface area contributed by atoms with Gasteiger partial charge in [-0.3, -0.25) is 9.69 Å². The molecule has 4 aromatic rings. The highest BCUT2D eigenvalue weighted by Crippen LogP contribution is 2.44. The number of para-hydroxylation sites is 1. The Labute approximate surface area is 165 Å². The Morgan fingerprint density at radius 3 is 2.52 bits per heavy atom. The number of carbonyl (C=O) groups excluding carboxylic acids is 1. The fourth-order valence-electron chi connectivity index (χ4n) is 3.57. The van der Waals surface area contributed by atoms with Gasteiger partial charge in [-0.25, -0.2) is 4.98 Å². The number of benzene rings is 2. The molecule has 1 atom stereocenters. The van der Waals surface area contributed by atoms with Crippen LogP contribution < -0.4 is 4.90 Å². The smallest absolute Gasteiger partial charge is 0.259 e. The Bertz CT molecular complexity index is 1130. The Balaban J connectivity index is 1.64. The van der Waals surface area contributed by atoms with Crippen LogP contribution in [0.4, 0.5) is 5.69 Å². The third-order valence-electron chi connectivity index (χ3n) is 4.76. The molecule has 132 valence electrons. The maximum absolute atomic E-state index is 13.2. The highest BCUT2D eigenvalue weighted by molar-refractivity contribution is 7.16. The van der Waals surface area contributed by atoms with E-state index in [4.69, 9.17) is 0 Å². The molecule has 3 nitrogen and oxygen atoms in total. The second-order valence-corrected chi connectivity index (χ2v) is 8.63. The van der Waals surface area contributed by atoms with E-state index in [0.717, 1.165) is 37.3 Å². The van der Waals surface area contributed by atoms with Gasteiger partial charge in [-0.05, 0) is 42.8 Å². The molecule has 5 rings (SSSR count). The third-order valence-corrected chi connectivity index (χ3v) is 6.70. The average molecular weight is 389 g/mol. The topological polar surface area (TPSA) is 33.2 Å². The van der Waals surface area contributed by atoms with E-state index in [2.05, 4.69) is 28.6 Å². The van der Waals surface area contributed by atoms with Crippen molar-refractivity contribution < 1.29 is 4.79 Å². The highest BCUT2D eigenvalue weighted by atomic mass is 32.1. The van der Waals surface area contributed by atoms with Crippen molar-refractivity contribution in [2.24, 2.45) is 0 Å². The fraction of sp³-hybridized carbons (Fsp3) is 0.0909. The van der Waals surface area contributed by atoms with Crippen molar-refractivity contribution in [2.75, 3.05) is 4.90 Å². The molecule has 0 spiro atoms. The molecule has 0 radical (unpaired) electrons. The molecular weight excluding hydrogens is 372 g/mol. The van der Waals surface area contributed by atoms with E-state index in [1.54, 1.807) is 22.7 Å². The molecule has 3 heterocycles. The van der Waals surface area contributed by atoms with E-state index in [1.165, 1.54) is 0 Å². The van der Waals surface area contributed by atoms with E-state index < -0.39 is 0 Å². The standard InChI is InChI=1S/C22H16N2OS2/c1-14-23-18(13-26-14)19-11-12-20(27-19)21-16-9-5-6-10-17(16)22(25)24(21)15-7-3-2-4-8-15/h2-13,21H,1H3. The molecule has 0 N–H and O–H groups in total. The molecule has 1 amide bonds. The number of thiazole rings is 1. The Hall–Kier alpha value is -2.76. The first-order chi connectivity index (χ1) is 13.2. The molecule has 0 saturated carbocycles. The van der Waals surface area contributed by atoms with Crippen molar-refractivity contribution in [3.8, 4) is 10.6 Å². The van der Waals surface area contributed by atoms with Crippen molar-refractivity contribution in [3.63, 3.8) is 0 Å². The first-order valence-electron chi connectivity index (χ1n) is 8.72. The summed E-state index contributed by atoms with van der Waals surface area (Å²) in [6.45, 7) is 2.02. The van der Waals surface area contributed by atoms with Gasteiger partial charge in [0.05, 0.1) is 21.6 Å². The minimum absolute atomic E-state index is 0.0567. The second kappa shape index (κ2) is 6.44. The van der Waals surface area contributed by atoms with Gasteiger partial charge in [0.2, 0.25) is 0 Å². The lowest BCUT2D eigenvalue weighted by Gasteiger charge is -2.24. The summed E-state index contributed by atoms with van der Waals surface area (Å²) in [6.07, 6.45) is 0. The number of carbonyl (C=O) groups is 1. The number of hydrogen-bond donors (Lipinski definition) is 0. The van der Waals surface area contributed by atoms with Crippen molar-refractivity contribution in [1.82, 2.24) is 4.98 Å². The Kier molecular flexibility index (Phi) is 3.92. The zero-order valence-corrected chi connectivity index (χ0v) is 16.3. The average Bonchev–Trinajstić information content (AvgIpc) is 3.40. The molecule has 1 aliphatic heterocycles. The second-order valence-electron chi connectivity index (χ2n) is 6.45. The summed E-state index contributed by atoms with van der Waals surface area (Å²) in [5, 5.41) is 3.15. The van der Waals surface area contributed by atoms with Crippen molar-refractivity contribution >= 4 is 34.3 Å². The molecule has 2 aromatic carbocycles. The van der Waals surface area contributed by atoms with Crippen LogP contribution in [0.2, 0.25) is 0 Å². The molecule has 2 aromatic heterocycles. The summed E-state index contributed by atoms with van der Waals surface area (Å²) in [4.78, 5) is 22.0. The van der Waals surface area contributed by atoms with Gasteiger partial charge < -0.3 is 0 Å². The number of hydrogen-bond acceptors (Lipinski definition) is 4. The van der Waals surface area contributed by atoms with Gasteiger partial charge in [0.1, 0.15) is 0 Å². The predicted octanol–water partition coefficient (Wildman–Crippen LogP) is 5.93. The summed E-state index contributed by atoms with van der Waals surface area (Å²) >= 11 is 3.37. The zero-order valence-electron chi connectivity index (χ0n) is 14.6. The van der Waals surface area contributed by atoms with E-state index in [-0.39, 0.29) is 11.9 Å². The van der Waals surface area contributed by atoms with E-state index in [0.29, 0.717) is 0 Å². The quantitative estimate of drug-likeness (QED) is 0.436. The van der Waals surface area contributed by atoms with Crippen LogP contribution in [0.25, 0.3) is 10.6 Å². The number of aryl methyl sites for hydroxylation is 1. The van der Waals surface area contributed by atoms with Gasteiger partial charge in [-0.2, -0.15) is 0 Å². The molecule has 5 heteroatoms. The first kappa shape index (κ1) is 16.4. The highest BCUT2D eigenvalue weighted by Gasteiger charge is 2.39. The molecule has 0 saturated heterocycles. The van der Waals surface area contributed by atoms with E-state index in [1.807, 2.05) is 60.4 Å². The lowest BCUT2D eigenvalue weighted by Crippen LogP contribution is -2.27. The predicted molar refractivity (Wildman–Crippen MR) is 112 cm³/mol. The molecule has 1 unspecified atom stereocenters. The summed E-state index contributed by atoms with van der Waals surface area (Å²) in [5.74, 6) is 0.0567. The van der Waals surface area contributed by atoms with Crippen LogP contribution in [0, 0.1) is 6.92 Å². The van der Waals surface area contributed by atoms with Crippen LogP contribution in [0.3, 0.4) is 0 Å². The number of rotatable bonds is 3. The maximum atomic E-state index is 13.2. The minimum atomic E-state index is -0.102. The SMILES string of the molecule is Cc1nc(-c2ccc(C3c4ccccc4C(=O)N3c3ccccc3)s2)cs1. The number of fused-ring (bicyclic) bond motifs is 1. The summed E-state index contributed by atoms with van der Waals surface area (Å²) in [5.41, 5.74) is 3.78. The largest absolute Gasteiger partial charge is 0.296 e. The molecule has 1 aliphatic rings. The van der Waals surface area contributed by atoms with Gasteiger partial charge in [-0.15, -0.1) is 22.7 Å². The number of aromatic nitrogens is 1. The van der Waals surface area contributed by atoms with E-state index >= 15 is 0 Å². The lowest BCUT2D eigenvalue weighted by atomic mass is 10.0. The number of anilines is 1. The van der Waals surface area contributed by atoms with Crippen LogP contribution >= 0.6 is 22.7 Å². The third kappa shape index (κ3) is 2.71. The van der Waals surface area contributed by atoms with E-state index in [9.17, 15) is 4.79 Å². The Morgan fingerprint density at radius 1 is 0.963 bits per heavy atom. The molecule has 0 bridgehead atoms. The number of thiophene rings is 1. The van der Waals surface area contributed by atoms with Crippen LogP contribution in [-0.4, -0.2) is 10.9 Å². The summed E-state index contributed by atoms with van der Waals surface area (Å²) in [7, 11) is 0. The van der Waals surface area contributed by atoms with Gasteiger partial charge >= 0.3 is 0 Å². The zero-order chi connectivity index (χ0) is 18.4.